The fraction of sp³-hybridized carbons (Fsp3) is 0.600. The third-order valence-corrected chi connectivity index (χ3v) is 4.28. The molecule has 1 aromatic rings. The van der Waals surface area contributed by atoms with Crippen molar-refractivity contribution in [3.8, 4) is 0 Å². The van der Waals surface area contributed by atoms with Crippen LogP contribution >= 0.6 is 11.8 Å². The normalized spacial score (nSPS) is 14.9. The fourth-order valence-corrected chi connectivity index (χ4v) is 3.08. The van der Waals surface area contributed by atoms with Gasteiger partial charge in [0.25, 0.3) is 0 Å². The fourth-order valence-electron chi connectivity index (χ4n) is 1.73. The molecule has 1 atom stereocenters. The van der Waals surface area contributed by atoms with E-state index in [2.05, 4.69) is 83.6 Å². The molecule has 1 heteroatoms. The Labute approximate surface area is 105 Å². The quantitative estimate of drug-likeness (QED) is 0.671. The minimum Gasteiger partial charge on any atom is -0.147 e. The van der Waals surface area contributed by atoms with E-state index in [0.717, 1.165) is 0 Å². The number of hydrogen-bond acceptors (Lipinski definition) is 1. The first-order valence-electron chi connectivity index (χ1n) is 5.93. The van der Waals surface area contributed by atoms with Gasteiger partial charge in [-0.05, 0) is 11.0 Å². The summed E-state index contributed by atoms with van der Waals surface area (Å²) in [6.07, 6.45) is 0. The van der Waals surface area contributed by atoms with E-state index in [1.54, 1.807) is 0 Å². The van der Waals surface area contributed by atoms with Gasteiger partial charge in [0.1, 0.15) is 0 Å². The zero-order valence-corrected chi connectivity index (χ0v) is 12.2. The van der Waals surface area contributed by atoms with Crippen LogP contribution in [0.4, 0.5) is 0 Å². The van der Waals surface area contributed by atoms with Crippen molar-refractivity contribution in [1.29, 1.82) is 0 Å². The van der Waals surface area contributed by atoms with Gasteiger partial charge in [0.05, 0.1) is 0 Å². The Hall–Kier alpha value is -0.430. The predicted molar refractivity (Wildman–Crippen MR) is 76.0 cm³/mol. The van der Waals surface area contributed by atoms with Crippen molar-refractivity contribution in [2.75, 3.05) is 0 Å². The van der Waals surface area contributed by atoms with Crippen LogP contribution in [0, 0.1) is 5.41 Å². The van der Waals surface area contributed by atoms with Gasteiger partial charge >= 0.3 is 0 Å². The lowest BCUT2D eigenvalue weighted by Gasteiger charge is -2.35. The summed E-state index contributed by atoms with van der Waals surface area (Å²) in [7, 11) is 0. The molecule has 0 aromatic heterocycles. The molecule has 0 saturated heterocycles. The second-order valence-corrected chi connectivity index (χ2v) is 8.32. The van der Waals surface area contributed by atoms with Crippen LogP contribution in [0.3, 0.4) is 0 Å². The topological polar surface area (TPSA) is 0 Å². The molecule has 0 nitrogen and oxygen atoms in total. The Morgan fingerprint density at radius 1 is 0.875 bits per heavy atom. The molecule has 0 bridgehead atoms. The van der Waals surface area contributed by atoms with Gasteiger partial charge in [0.2, 0.25) is 0 Å². The average molecular weight is 236 g/mol. The first kappa shape index (κ1) is 13.6. The first-order chi connectivity index (χ1) is 7.20. The molecule has 1 rings (SSSR count). The lowest BCUT2D eigenvalue weighted by atomic mass is 9.87. The van der Waals surface area contributed by atoms with Gasteiger partial charge in [-0.2, -0.15) is 0 Å². The molecule has 16 heavy (non-hydrogen) atoms. The largest absolute Gasteiger partial charge is 0.147 e. The standard InChI is InChI=1S/C15H24S/c1-14(2,3)13(16-15(4,5)6)12-10-8-7-9-11-12/h7-11,13H,1-6H3/t13-/m0/s1. The van der Waals surface area contributed by atoms with E-state index in [1.165, 1.54) is 5.56 Å². The molecule has 0 unspecified atom stereocenters. The van der Waals surface area contributed by atoms with E-state index in [1.807, 2.05) is 0 Å². The van der Waals surface area contributed by atoms with Crippen molar-refractivity contribution in [2.45, 2.75) is 51.5 Å². The monoisotopic (exact) mass is 236 g/mol. The molecule has 0 radical (unpaired) electrons. The van der Waals surface area contributed by atoms with Crippen molar-refractivity contribution < 1.29 is 0 Å². The third-order valence-electron chi connectivity index (χ3n) is 2.36. The molecule has 0 aliphatic heterocycles. The summed E-state index contributed by atoms with van der Waals surface area (Å²) in [5, 5.41) is 0.550. The highest BCUT2D eigenvalue weighted by Gasteiger charge is 2.30. The van der Waals surface area contributed by atoms with Crippen molar-refractivity contribution in [2.24, 2.45) is 5.41 Å². The average Bonchev–Trinajstić information content (AvgIpc) is 2.13. The van der Waals surface area contributed by atoms with Crippen LogP contribution in [-0.2, 0) is 0 Å². The van der Waals surface area contributed by atoms with E-state index < -0.39 is 0 Å². The maximum atomic E-state index is 2.32. The maximum absolute atomic E-state index is 2.32. The van der Waals surface area contributed by atoms with Gasteiger partial charge in [-0.1, -0.05) is 71.9 Å². The minimum atomic E-state index is 0.291. The number of benzene rings is 1. The summed E-state index contributed by atoms with van der Waals surface area (Å²) in [6.45, 7) is 13.8. The van der Waals surface area contributed by atoms with E-state index in [-0.39, 0.29) is 0 Å². The summed E-state index contributed by atoms with van der Waals surface area (Å²) in [6, 6.07) is 10.9. The van der Waals surface area contributed by atoms with Gasteiger partial charge < -0.3 is 0 Å². The Morgan fingerprint density at radius 3 is 1.75 bits per heavy atom. The van der Waals surface area contributed by atoms with Crippen LogP contribution in [0.5, 0.6) is 0 Å². The second-order valence-electron chi connectivity index (χ2n) is 6.39. The van der Waals surface area contributed by atoms with Crippen molar-refractivity contribution in [1.82, 2.24) is 0 Å². The zero-order valence-electron chi connectivity index (χ0n) is 11.4. The van der Waals surface area contributed by atoms with Crippen LogP contribution in [0.25, 0.3) is 0 Å². The smallest absolute Gasteiger partial charge is 0.0350 e. The van der Waals surface area contributed by atoms with Crippen LogP contribution in [0.2, 0.25) is 0 Å². The summed E-state index contributed by atoms with van der Waals surface area (Å²) in [5.74, 6) is 0. The van der Waals surface area contributed by atoms with Crippen LogP contribution in [-0.4, -0.2) is 4.75 Å². The summed E-state index contributed by atoms with van der Waals surface area (Å²) >= 11 is 2.06. The van der Waals surface area contributed by atoms with Gasteiger partial charge in [-0.15, -0.1) is 11.8 Å². The molecule has 0 aliphatic rings. The molecular formula is C15H24S. The van der Waals surface area contributed by atoms with Gasteiger partial charge in [0, 0.05) is 10.00 Å². The molecule has 0 amide bonds. The molecule has 0 spiro atoms. The summed E-state index contributed by atoms with van der Waals surface area (Å²) in [4.78, 5) is 0. The van der Waals surface area contributed by atoms with E-state index in [0.29, 0.717) is 15.4 Å². The number of rotatable bonds is 2. The minimum absolute atomic E-state index is 0.291. The Bertz CT molecular complexity index is 314. The van der Waals surface area contributed by atoms with E-state index in [9.17, 15) is 0 Å². The van der Waals surface area contributed by atoms with Crippen LogP contribution in [0.15, 0.2) is 30.3 Å². The van der Waals surface area contributed by atoms with Gasteiger partial charge in [-0.3, -0.25) is 0 Å². The highest BCUT2D eigenvalue weighted by Crippen LogP contribution is 2.48. The summed E-state index contributed by atoms with van der Waals surface area (Å²) < 4.78 is 0.299. The van der Waals surface area contributed by atoms with Crippen molar-refractivity contribution >= 4 is 11.8 Å². The highest BCUT2D eigenvalue weighted by molar-refractivity contribution is 8.00. The summed E-state index contributed by atoms with van der Waals surface area (Å²) in [5.41, 5.74) is 1.73. The molecule has 1 aromatic carbocycles. The molecule has 0 fully saturated rings. The maximum Gasteiger partial charge on any atom is 0.0350 e. The lowest BCUT2D eigenvalue weighted by molar-refractivity contribution is 0.399. The first-order valence-corrected chi connectivity index (χ1v) is 6.81. The van der Waals surface area contributed by atoms with Crippen molar-refractivity contribution in [3.63, 3.8) is 0 Å². The molecule has 90 valence electrons. The van der Waals surface area contributed by atoms with Crippen molar-refractivity contribution in [3.05, 3.63) is 35.9 Å². The van der Waals surface area contributed by atoms with Gasteiger partial charge in [-0.25, -0.2) is 0 Å². The second kappa shape index (κ2) is 4.83. The van der Waals surface area contributed by atoms with Crippen LogP contribution in [0.1, 0.15) is 52.4 Å². The number of hydrogen-bond donors (Lipinski definition) is 0. The number of thioether (sulfide) groups is 1. The molecule has 0 N–H and O–H groups in total. The Balaban J connectivity index is 2.98. The molecule has 0 aliphatic carbocycles. The predicted octanol–water partition coefficient (Wildman–Crippen LogP) is 5.31. The lowest BCUT2D eigenvalue weighted by Crippen LogP contribution is -2.21. The van der Waals surface area contributed by atoms with Gasteiger partial charge in [0.15, 0.2) is 0 Å². The van der Waals surface area contributed by atoms with E-state index in [4.69, 9.17) is 0 Å². The molecule has 0 saturated carbocycles. The molecular weight excluding hydrogens is 212 g/mol. The SMILES string of the molecule is CC(C)(C)S[C@@H](c1ccccc1)C(C)(C)C. The Morgan fingerprint density at radius 2 is 1.38 bits per heavy atom. The Kier molecular flexibility index (Phi) is 4.12. The third kappa shape index (κ3) is 4.21. The van der Waals surface area contributed by atoms with E-state index >= 15 is 0 Å². The molecule has 0 heterocycles. The van der Waals surface area contributed by atoms with Crippen LogP contribution < -0.4 is 0 Å². The highest BCUT2D eigenvalue weighted by atomic mass is 32.2. The zero-order chi connectivity index (χ0) is 12.4.